The van der Waals surface area contributed by atoms with Crippen LogP contribution in [0, 0.1) is 17.6 Å². The summed E-state index contributed by atoms with van der Waals surface area (Å²) in [5.74, 6) is -1.04. The zero-order valence-corrected chi connectivity index (χ0v) is 33.4. The van der Waals surface area contributed by atoms with Crippen LogP contribution < -0.4 is 20.9 Å². The highest BCUT2D eigenvalue weighted by Crippen LogP contribution is 2.35. The number of nitrogens with zero attached hydrogens (tertiary/aromatic N) is 5. The fourth-order valence-corrected chi connectivity index (χ4v) is 9.56. The number of carbonyl (C=O) groups is 4. The molecule has 1 aromatic heterocycles. The van der Waals surface area contributed by atoms with Crippen LogP contribution >= 0.6 is 0 Å². The van der Waals surface area contributed by atoms with Crippen molar-refractivity contribution in [2.24, 2.45) is 5.92 Å². The molecule has 5 heterocycles. The first-order chi connectivity index (χ1) is 28.5. The Morgan fingerprint density at radius 2 is 1.64 bits per heavy atom. The SMILES string of the molecule is O=C1CCC(Nc2ccc(C3CCN(CC4(O)CCN(C(=O)[C@H]5CC[C@H](Nc6ncc(F)c(-c7cccc(N8CCCCC8=O)c7)n6)CC5)CC4)CC3)c(F)c2)C(=O)N1. The van der Waals surface area contributed by atoms with Gasteiger partial charge < -0.3 is 30.4 Å². The number of likely N-dealkylation sites (tertiary alicyclic amines) is 2. The normalized spacial score (nSPS) is 24.5. The number of carbonyl (C=O) groups excluding carboxylic acids is 4. The van der Waals surface area contributed by atoms with E-state index >= 15 is 8.78 Å². The first-order valence-corrected chi connectivity index (χ1v) is 21.3. The maximum absolute atomic E-state index is 15.3. The maximum atomic E-state index is 15.3. The summed E-state index contributed by atoms with van der Waals surface area (Å²) in [6.45, 7) is 3.66. The number of amides is 4. The second kappa shape index (κ2) is 17.7. The third kappa shape index (κ3) is 9.57. The van der Waals surface area contributed by atoms with Crippen LogP contribution in [0.1, 0.15) is 95.0 Å². The quantitative estimate of drug-likeness (QED) is 0.197. The summed E-state index contributed by atoms with van der Waals surface area (Å²) >= 11 is 0. The lowest BCUT2D eigenvalue weighted by molar-refractivity contribution is -0.141. The van der Waals surface area contributed by atoms with Crippen molar-refractivity contribution in [3.8, 4) is 11.3 Å². The number of imide groups is 1. The molecule has 4 amide bonds. The van der Waals surface area contributed by atoms with Crippen LogP contribution in [0.3, 0.4) is 0 Å². The van der Waals surface area contributed by atoms with Gasteiger partial charge in [-0.15, -0.1) is 0 Å². The molecule has 5 fully saturated rings. The molecule has 4 N–H and O–H groups in total. The Labute approximate surface area is 343 Å². The molecule has 0 spiro atoms. The number of nitrogens with one attached hydrogen (secondary N) is 3. The van der Waals surface area contributed by atoms with Gasteiger partial charge in [-0.3, -0.25) is 24.5 Å². The molecule has 3 aromatic rings. The highest BCUT2D eigenvalue weighted by molar-refractivity contribution is 6.01. The number of aromatic nitrogens is 2. The monoisotopic (exact) mass is 812 g/mol. The van der Waals surface area contributed by atoms with Crippen LogP contribution in [0.2, 0.25) is 0 Å². The fourth-order valence-electron chi connectivity index (χ4n) is 9.56. The Morgan fingerprint density at radius 1 is 0.864 bits per heavy atom. The molecule has 4 aliphatic heterocycles. The van der Waals surface area contributed by atoms with Crippen molar-refractivity contribution in [1.29, 1.82) is 0 Å². The lowest BCUT2D eigenvalue weighted by Crippen LogP contribution is -2.54. The molecular formula is C44H54F2N8O5. The number of β-amino-alcohol motifs (C(OH)–C–C–N with tert-alkyl or cyclic N) is 1. The minimum Gasteiger partial charge on any atom is -0.388 e. The molecule has 1 aliphatic carbocycles. The predicted octanol–water partition coefficient (Wildman–Crippen LogP) is 5.36. The van der Waals surface area contributed by atoms with E-state index in [1.165, 1.54) is 12.3 Å². The van der Waals surface area contributed by atoms with Gasteiger partial charge in [-0.2, -0.15) is 0 Å². The van der Waals surface area contributed by atoms with Crippen LogP contribution in [0.25, 0.3) is 11.3 Å². The van der Waals surface area contributed by atoms with Crippen molar-refractivity contribution in [3.05, 3.63) is 65.9 Å². The largest absolute Gasteiger partial charge is 0.388 e. The summed E-state index contributed by atoms with van der Waals surface area (Å²) in [5, 5.41) is 20.3. The summed E-state index contributed by atoms with van der Waals surface area (Å²) < 4.78 is 30.3. The average Bonchev–Trinajstić information content (AvgIpc) is 3.23. The zero-order chi connectivity index (χ0) is 41.1. The smallest absolute Gasteiger partial charge is 0.249 e. The topological polar surface area (TPSA) is 160 Å². The van der Waals surface area contributed by atoms with Gasteiger partial charge in [-0.05, 0) is 119 Å². The van der Waals surface area contributed by atoms with Crippen molar-refractivity contribution in [2.45, 2.75) is 107 Å². The van der Waals surface area contributed by atoms with E-state index in [0.29, 0.717) is 87.5 Å². The molecule has 314 valence electrons. The molecule has 0 bridgehead atoms. The van der Waals surface area contributed by atoms with Gasteiger partial charge in [0.1, 0.15) is 17.6 Å². The molecule has 0 radical (unpaired) electrons. The zero-order valence-electron chi connectivity index (χ0n) is 33.4. The van der Waals surface area contributed by atoms with Gasteiger partial charge in [0.15, 0.2) is 5.82 Å². The van der Waals surface area contributed by atoms with Gasteiger partial charge in [-0.25, -0.2) is 18.7 Å². The van der Waals surface area contributed by atoms with Crippen LogP contribution in [-0.2, 0) is 19.2 Å². The second-order valence-electron chi connectivity index (χ2n) is 17.1. The second-order valence-corrected chi connectivity index (χ2v) is 17.1. The summed E-state index contributed by atoms with van der Waals surface area (Å²) in [6.07, 6.45) is 9.59. The number of rotatable bonds is 10. The lowest BCUT2D eigenvalue weighted by Gasteiger charge is -2.43. The van der Waals surface area contributed by atoms with Gasteiger partial charge in [0.2, 0.25) is 29.6 Å². The predicted molar refractivity (Wildman–Crippen MR) is 218 cm³/mol. The minimum atomic E-state index is -0.889. The van der Waals surface area contributed by atoms with E-state index in [2.05, 4.69) is 30.8 Å². The molecule has 59 heavy (non-hydrogen) atoms. The van der Waals surface area contributed by atoms with Crippen molar-refractivity contribution < 1.29 is 33.1 Å². The van der Waals surface area contributed by atoms with E-state index in [1.807, 2.05) is 17.0 Å². The van der Waals surface area contributed by atoms with Gasteiger partial charge in [-0.1, -0.05) is 18.2 Å². The summed E-state index contributed by atoms with van der Waals surface area (Å²) in [6, 6.07) is 11.7. The third-order valence-corrected chi connectivity index (χ3v) is 13.0. The Hall–Kier alpha value is -5.02. The van der Waals surface area contributed by atoms with E-state index in [-0.39, 0.29) is 53.5 Å². The van der Waals surface area contributed by atoms with Crippen LogP contribution in [0.5, 0.6) is 0 Å². The highest BCUT2D eigenvalue weighted by Gasteiger charge is 2.39. The Morgan fingerprint density at radius 3 is 2.37 bits per heavy atom. The van der Waals surface area contributed by atoms with E-state index in [0.717, 1.165) is 57.3 Å². The number of hydrogen-bond acceptors (Lipinski definition) is 10. The summed E-state index contributed by atoms with van der Waals surface area (Å²) in [4.78, 5) is 64.3. The van der Waals surface area contributed by atoms with E-state index in [9.17, 15) is 24.3 Å². The molecule has 8 rings (SSSR count). The molecule has 2 aromatic carbocycles. The molecule has 1 atom stereocenters. The van der Waals surface area contributed by atoms with Crippen molar-refractivity contribution in [2.75, 3.05) is 54.8 Å². The van der Waals surface area contributed by atoms with Gasteiger partial charge >= 0.3 is 0 Å². The number of piperidine rings is 4. The minimum absolute atomic E-state index is 0.0445. The molecule has 1 saturated carbocycles. The fraction of sp³-hybridized carbons (Fsp3) is 0.545. The first kappa shape index (κ1) is 40.7. The Bertz CT molecular complexity index is 2040. The van der Waals surface area contributed by atoms with E-state index < -0.39 is 23.4 Å². The number of halogens is 2. The molecule has 13 nitrogen and oxygen atoms in total. The van der Waals surface area contributed by atoms with Gasteiger partial charge in [0.05, 0.1) is 11.8 Å². The number of aliphatic hydroxyl groups is 1. The maximum Gasteiger partial charge on any atom is 0.249 e. The number of anilines is 3. The van der Waals surface area contributed by atoms with Crippen molar-refractivity contribution >= 4 is 41.0 Å². The number of benzene rings is 2. The standard InChI is InChI=1S/C44H54F2N8O5/c45-35-25-32(48-37-13-14-38(55)50-41(37)57)11-12-34(35)28-15-20-52(21-16-28)27-44(59)17-22-53(23-18-44)42(58)29-7-9-31(10-8-29)49-43-47-26-36(46)40(51-43)30-4-3-5-33(24-30)54-19-2-1-6-39(54)56/h3-5,11-12,24-26,28-29,31,37,48,59H,1-2,6-10,13-23,27H2,(H,47,49,51)(H,50,55,57)/t29-,31-,37?. The number of hydrogen-bond donors (Lipinski definition) is 4. The third-order valence-electron chi connectivity index (χ3n) is 13.0. The molecular weight excluding hydrogens is 759 g/mol. The summed E-state index contributed by atoms with van der Waals surface area (Å²) in [5.41, 5.74) is 1.76. The lowest BCUT2D eigenvalue weighted by atomic mass is 9.83. The van der Waals surface area contributed by atoms with Crippen molar-refractivity contribution in [1.82, 2.24) is 25.1 Å². The van der Waals surface area contributed by atoms with Crippen LogP contribution in [0.4, 0.5) is 26.1 Å². The van der Waals surface area contributed by atoms with Crippen LogP contribution in [-0.4, -0.2) is 105 Å². The summed E-state index contributed by atoms with van der Waals surface area (Å²) in [7, 11) is 0. The van der Waals surface area contributed by atoms with Crippen LogP contribution in [0.15, 0.2) is 48.7 Å². The van der Waals surface area contributed by atoms with E-state index in [4.69, 9.17) is 0 Å². The molecule has 15 heteroatoms. The Kier molecular flexibility index (Phi) is 12.2. The average molecular weight is 813 g/mol. The highest BCUT2D eigenvalue weighted by atomic mass is 19.1. The van der Waals surface area contributed by atoms with Crippen molar-refractivity contribution in [3.63, 3.8) is 0 Å². The van der Waals surface area contributed by atoms with E-state index in [1.54, 1.807) is 29.2 Å². The Balaban J connectivity index is 0.770. The molecule has 5 aliphatic rings. The molecule has 4 saturated heterocycles. The van der Waals surface area contributed by atoms with Gasteiger partial charge in [0.25, 0.3) is 0 Å². The first-order valence-electron chi connectivity index (χ1n) is 21.3. The molecule has 1 unspecified atom stereocenters. The van der Waals surface area contributed by atoms with Gasteiger partial charge in [0, 0.05) is 67.9 Å².